The monoisotopic (exact) mass is 582 g/mol. The summed E-state index contributed by atoms with van der Waals surface area (Å²) in [6.45, 7) is 0.689. The Morgan fingerprint density at radius 1 is 1.18 bits per heavy atom. The second kappa shape index (κ2) is 9.45. The third kappa shape index (κ3) is 4.98. The first kappa shape index (κ1) is 26.8. The molecular weight excluding hydrogens is 561 g/mol. The van der Waals surface area contributed by atoms with Gasteiger partial charge in [0.15, 0.2) is 5.60 Å². The molecular formula is C25H22ClF3N4O3S2. The van der Waals surface area contributed by atoms with Crippen molar-refractivity contribution < 1.29 is 26.7 Å². The number of nitrogen functional groups attached to an aromatic ring is 1. The van der Waals surface area contributed by atoms with Gasteiger partial charge in [-0.15, -0.1) is 11.3 Å². The van der Waals surface area contributed by atoms with E-state index in [2.05, 4.69) is 14.7 Å². The minimum Gasteiger partial charge on any atom is -0.384 e. The fourth-order valence-corrected chi connectivity index (χ4v) is 7.08. The molecule has 0 spiro atoms. The highest BCUT2D eigenvalue weighted by molar-refractivity contribution is 7.90. The molecule has 0 saturated heterocycles. The topological polar surface area (TPSA) is 118 Å². The molecule has 1 aromatic carbocycles. The maximum atomic E-state index is 13.5. The lowest BCUT2D eigenvalue weighted by atomic mass is 9.94. The Kier molecular flexibility index (Phi) is 6.67. The van der Waals surface area contributed by atoms with Gasteiger partial charge in [-0.3, -0.25) is 4.98 Å². The Bertz CT molecular complexity index is 1640. The number of rotatable bonds is 7. The number of hydrogen-bond acceptors (Lipinski definition) is 7. The molecule has 4 N–H and O–H groups in total. The minimum absolute atomic E-state index is 0.166. The number of nitrogens with one attached hydrogen (secondary N) is 1. The highest BCUT2D eigenvalue weighted by Gasteiger charge is 2.51. The SMILES string of the molecule is CC(O)(c1ccnc(-c2cccc3cc(C(NS(=O)(=O)C4CC4)c4nc(N)ccc4Cl)sc23)c1)C(F)(F)F. The summed E-state index contributed by atoms with van der Waals surface area (Å²) >= 11 is 7.65. The molecule has 7 nitrogen and oxygen atoms in total. The van der Waals surface area contributed by atoms with Crippen molar-refractivity contribution in [2.75, 3.05) is 5.73 Å². The van der Waals surface area contributed by atoms with Gasteiger partial charge in [-0.1, -0.05) is 29.8 Å². The molecule has 5 rings (SSSR count). The van der Waals surface area contributed by atoms with Crippen LogP contribution in [-0.4, -0.2) is 34.9 Å². The fourth-order valence-electron chi connectivity index (χ4n) is 4.03. The van der Waals surface area contributed by atoms with Crippen LogP contribution in [0, 0.1) is 0 Å². The lowest BCUT2D eigenvalue weighted by Gasteiger charge is -2.26. The number of thiophene rings is 1. The zero-order valence-electron chi connectivity index (χ0n) is 19.8. The number of nitrogens with two attached hydrogens (primary N) is 1. The third-order valence-corrected chi connectivity index (χ3v) is 9.89. The van der Waals surface area contributed by atoms with E-state index in [9.17, 15) is 26.7 Å². The van der Waals surface area contributed by atoms with E-state index in [1.807, 2.05) is 0 Å². The summed E-state index contributed by atoms with van der Waals surface area (Å²) < 4.78 is 69.6. The van der Waals surface area contributed by atoms with Gasteiger partial charge in [0.05, 0.1) is 27.7 Å². The average Bonchev–Trinajstić information content (AvgIpc) is 3.63. The number of pyridine rings is 2. The minimum atomic E-state index is -4.89. The first-order valence-electron chi connectivity index (χ1n) is 11.5. The number of nitrogens with zero attached hydrogens (tertiary/aromatic N) is 2. The number of alkyl halides is 3. The Balaban J connectivity index is 1.63. The smallest absolute Gasteiger partial charge is 0.384 e. The zero-order valence-corrected chi connectivity index (χ0v) is 22.2. The van der Waals surface area contributed by atoms with Gasteiger partial charge in [-0.2, -0.15) is 13.2 Å². The van der Waals surface area contributed by atoms with E-state index in [4.69, 9.17) is 17.3 Å². The summed E-state index contributed by atoms with van der Waals surface area (Å²) in [6, 6.07) is 11.4. The number of halogens is 4. The molecule has 1 fully saturated rings. The Hall–Kier alpha value is -2.77. The van der Waals surface area contributed by atoms with E-state index in [0.717, 1.165) is 6.07 Å². The van der Waals surface area contributed by atoms with Crippen molar-refractivity contribution in [3.8, 4) is 11.3 Å². The Morgan fingerprint density at radius 2 is 1.92 bits per heavy atom. The maximum Gasteiger partial charge on any atom is 0.421 e. The van der Waals surface area contributed by atoms with Crippen molar-refractivity contribution in [2.24, 2.45) is 0 Å². The summed E-state index contributed by atoms with van der Waals surface area (Å²) in [4.78, 5) is 9.12. The van der Waals surface area contributed by atoms with E-state index in [1.54, 1.807) is 30.3 Å². The lowest BCUT2D eigenvalue weighted by Crippen LogP contribution is -2.39. The van der Waals surface area contributed by atoms with Crippen molar-refractivity contribution in [2.45, 2.75) is 42.8 Å². The summed E-state index contributed by atoms with van der Waals surface area (Å²) in [5, 5.41) is 10.6. The Labute approximate surface area is 225 Å². The molecule has 1 aliphatic rings. The largest absolute Gasteiger partial charge is 0.421 e. The van der Waals surface area contributed by atoms with E-state index in [-0.39, 0.29) is 27.8 Å². The molecule has 3 heterocycles. The van der Waals surface area contributed by atoms with E-state index in [0.29, 0.717) is 40.3 Å². The maximum absolute atomic E-state index is 13.5. The van der Waals surface area contributed by atoms with Gasteiger partial charge in [0, 0.05) is 21.3 Å². The van der Waals surface area contributed by atoms with Crippen LogP contribution in [-0.2, 0) is 15.6 Å². The molecule has 0 amide bonds. The number of fused-ring (bicyclic) bond motifs is 1. The van der Waals surface area contributed by atoms with Crippen LogP contribution in [0.4, 0.5) is 19.0 Å². The second-order valence-electron chi connectivity index (χ2n) is 9.27. The van der Waals surface area contributed by atoms with Gasteiger partial charge in [0.1, 0.15) is 5.82 Å². The van der Waals surface area contributed by atoms with Crippen LogP contribution in [0.15, 0.2) is 54.7 Å². The molecule has 200 valence electrons. The number of hydrogen-bond donors (Lipinski definition) is 3. The molecule has 2 atom stereocenters. The third-order valence-electron chi connectivity index (χ3n) is 6.41. The van der Waals surface area contributed by atoms with Crippen molar-refractivity contribution in [3.05, 3.63) is 75.9 Å². The van der Waals surface area contributed by atoms with Crippen LogP contribution < -0.4 is 10.5 Å². The zero-order chi connectivity index (χ0) is 27.5. The van der Waals surface area contributed by atoms with E-state index in [1.165, 1.54) is 29.7 Å². The fraction of sp³-hybridized carbons (Fsp3) is 0.280. The molecule has 4 aromatic rings. The van der Waals surface area contributed by atoms with Crippen molar-refractivity contribution in [1.82, 2.24) is 14.7 Å². The second-order valence-corrected chi connectivity index (χ2v) is 12.8. The van der Waals surface area contributed by atoms with Crippen molar-refractivity contribution in [1.29, 1.82) is 0 Å². The normalized spacial score (nSPS) is 16.9. The highest BCUT2D eigenvalue weighted by Crippen LogP contribution is 2.43. The summed E-state index contributed by atoms with van der Waals surface area (Å²) in [6.07, 6.45) is -2.56. The van der Waals surface area contributed by atoms with Gasteiger partial charge in [-0.05, 0) is 61.0 Å². The lowest BCUT2D eigenvalue weighted by molar-refractivity contribution is -0.258. The highest BCUT2D eigenvalue weighted by atomic mass is 35.5. The standard InChI is InChI=1S/C25H22ClF3N4O3S2/c1-24(34,25(27,28)29)14-9-10-31-18(12-14)16-4-2-3-13-11-19(37-23(13)16)22(33-38(35,36)15-5-6-15)21-17(26)7-8-20(30)32-21/h2-4,7-12,15,22,33-34H,5-6H2,1H3,(H2,30,32). The predicted octanol–water partition coefficient (Wildman–Crippen LogP) is 5.53. The quantitative estimate of drug-likeness (QED) is 0.263. The summed E-state index contributed by atoms with van der Waals surface area (Å²) in [5.41, 5.74) is 3.45. The van der Waals surface area contributed by atoms with Crippen LogP contribution in [0.3, 0.4) is 0 Å². The van der Waals surface area contributed by atoms with Crippen LogP contribution in [0.5, 0.6) is 0 Å². The number of anilines is 1. The number of aromatic nitrogens is 2. The predicted molar refractivity (Wildman–Crippen MR) is 141 cm³/mol. The molecule has 1 aliphatic carbocycles. The first-order valence-corrected chi connectivity index (χ1v) is 14.2. The molecule has 3 aromatic heterocycles. The van der Waals surface area contributed by atoms with Crippen LogP contribution in [0.2, 0.25) is 5.02 Å². The summed E-state index contributed by atoms with van der Waals surface area (Å²) in [7, 11) is -3.68. The van der Waals surface area contributed by atoms with Gasteiger partial charge >= 0.3 is 6.18 Å². The Morgan fingerprint density at radius 3 is 2.61 bits per heavy atom. The number of aliphatic hydroxyl groups is 1. The molecule has 13 heteroatoms. The van der Waals surface area contributed by atoms with Crippen LogP contribution in [0.25, 0.3) is 21.3 Å². The van der Waals surface area contributed by atoms with Gasteiger partial charge in [-0.25, -0.2) is 18.1 Å². The first-order chi connectivity index (χ1) is 17.8. The summed E-state index contributed by atoms with van der Waals surface area (Å²) in [5.74, 6) is 0.166. The van der Waals surface area contributed by atoms with E-state index < -0.39 is 33.1 Å². The van der Waals surface area contributed by atoms with Gasteiger partial charge in [0.25, 0.3) is 0 Å². The molecule has 0 aliphatic heterocycles. The van der Waals surface area contributed by atoms with Gasteiger partial charge in [0.2, 0.25) is 10.0 Å². The average molecular weight is 583 g/mol. The molecule has 0 bridgehead atoms. The van der Waals surface area contributed by atoms with Gasteiger partial charge < -0.3 is 10.8 Å². The van der Waals surface area contributed by atoms with Crippen molar-refractivity contribution >= 4 is 48.9 Å². The van der Waals surface area contributed by atoms with Crippen LogP contribution in [0.1, 0.15) is 41.9 Å². The molecule has 1 saturated carbocycles. The number of sulfonamides is 1. The molecule has 0 radical (unpaired) electrons. The van der Waals surface area contributed by atoms with E-state index >= 15 is 0 Å². The van der Waals surface area contributed by atoms with Crippen molar-refractivity contribution in [3.63, 3.8) is 0 Å². The molecule has 38 heavy (non-hydrogen) atoms. The van der Waals surface area contributed by atoms with Crippen LogP contribution >= 0.6 is 22.9 Å². The number of benzene rings is 1. The molecule has 2 unspecified atom stereocenters.